The van der Waals surface area contributed by atoms with Crippen molar-refractivity contribution in [3.8, 4) is 0 Å². The van der Waals surface area contributed by atoms with Gasteiger partial charge in [0.15, 0.2) is 0 Å². The number of benzene rings is 2. The second-order valence-electron chi connectivity index (χ2n) is 5.68. The van der Waals surface area contributed by atoms with Crippen LogP contribution in [0.2, 0.25) is 0 Å². The summed E-state index contributed by atoms with van der Waals surface area (Å²) in [5, 5.41) is 16.0. The predicted octanol–water partition coefficient (Wildman–Crippen LogP) is 2.97. The summed E-state index contributed by atoms with van der Waals surface area (Å²) in [6, 6.07) is 11.1. The molecule has 2 amide bonds. The first kappa shape index (κ1) is 18.1. The molecule has 7 nitrogen and oxygen atoms in total. The van der Waals surface area contributed by atoms with Crippen LogP contribution in [0.5, 0.6) is 0 Å². The van der Waals surface area contributed by atoms with Gasteiger partial charge in [-0.3, -0.25) is 19.7 Å². The predicted molar refractivity (Wildman–Crippen MR) is 94.6 cm³/mol. The van der Waals surface area contributed by atoms with Gasteiger partial charge in [-0.05, 0) is 43.2 Å². The Morgan fingerprint density at radius 2 is 1.76 bits per heavy atom. The largest absolute Gasteiger partial charge is 0.352 e. The molecule has 2 aromatic carbocycles. The molecule has 0 aliphatic rings. The lowest BCUT2D eigenvalue weighted by molar-refractivity contribution is -0.384. The fraction of sp³-hybridized carbons (Fsp3) is 0.222. The maximum Gasteiger partial charge on any atom is 0.269 e. The van der Waals surface area contributed by atoms with Gasteiger partial charge in [-0.1, -0.05) is 12.1 Å². The Morgan fingerprint density at radius 1 is 1.08 bits per heavy atom. The number of carbonyl (C=O) groups is 2. The summed E-state index contributed by atoms with van der Waals surface area (Å²) >= 11 is 0. The zero-order valence-electron chi connectivity index (χ0n) is 14.0. The van der Waals surface area contributed by atoms with E-state index in [1.165, 1.54) is 24.3 Å². The van der Waals surface area contributed by atoms with Gasteiger partial charge in [0.05, 0.1) is 4.92 Å². The topological polar surface area (TPSA) is 101 Å². The summed E-state index contributed by atoms with van der Waals surface area (Å²) < 4.78 is 0. The summed E-state index contributed by atoms with van der Waals surface area (Å²) in [7, 11) is 0. The average Bonchev–Trinajstić information content (AvgIpc) is 2.58. The number of rotatable bonds is 6. The Morgan fingerprint density at radius 3 is 2.40 bits per heavy atom. The Kier molecular flexibility index (Phi) is 5.84. The molecule has 0 aromatic heterocycles. The van der Waals surface area contributed by atoms with E-state index in [1.54, 1.807) is 0 Å². The lowest BCUT2D eigenvalue weighted by atomic mass is 10.1. The van der Waals surface area contributed by atoms with Crippen molar-refractivity contribution in [2.75, 3.05) is 11.9 Å². The number of nitrogens with one attached hydrogen (secondary N) is 2. The van der Waals surface area contributed by atoms with Crippen molar-refractivity contribution in [1.82, 2.24) is 5.32 Å². The van der Waals surface area contributed by atoms with Gasteiger partial charge < -0.3 is 10.6 Å². The molecule has 0 fully saturated rings. The first-order valence-electron chi connectivity index (χ1n) is 7.76. The van der Waals surface area contributed by atoms with Crippen LogP contribution in [0.25, 0.3) is 0 Å². The maximum atomic E-state index is 12.0. The van der Waals surface area contributed by atoms with Gasteiger partial charge in [0, 0.05) is 36.3 Å². The van der Waals surface area contributed by atoms with Gasteiger partial charge in [-0.15, -0.1) is 0 Å². The van der Waals surface area contributed by atoms with E-state index in [0.717, 1.165) is 16.8 Å². The second kappa shape index (κ2) is 8.05. The second-order valence-corrected chi connectivity index (χ2v) is 5.68. The van der Waals surface area contributed by atoms with Crippen molar-refractivity contribution in [1.29, 1.82) is 0 Å². The van der Waals surface area contributed by atoms with Gasteiger partial charge in [-0.2, -0.15) is 0 Å². The van der Waals surface area contributed by atoms with Gasteiger partial charge in [0.1, 0.15) is 0 Å². The van der Waals surface area contributed by atoms with E-state index in [1.807, 2.05) is 32.0 Å². The van der Waals surface area contributed by atoms with Crippen LogP contribution in [0.15, 0.2) is 42.5 Å². The quantitative estimate of drug-likeness (QED) is 0.623. The van der Waals surface area contributed by atoms with Crippen molar-refractivity contribution in [2.45, 2.75) is 20.3 Å². The number of nitrogens with zero attached hydrogens (tertiary/aromatic N) is 1. The molecular formula is C18H19N3O4. The molecule has 0 bridgehead atoms. The summed E-state index contributed by atoms with van der Waals surface area (Å²) in [5.41, 5.74) is 3.00. The minimum atomic E-state index is -0.528. The molecule has 0 unspecified atom stereocenters. The summed E-state index contributed by atoms with van der Waals surface area (Å²) in [5.74, 6) is -0.577. The minimum Gasteiger partial charge on any atom is -0.352 e. The lowest BCUT2D eigenvalue weighted by Crippen LogP contribution is -2.27. The normalized spacial score (nSPS) is 10.2. The smallest absolute Gasteiger partial charge is 0.269 e. The third-order valence-corrected chi connectivity index (χ3v) is 3.65. The van der Waals surface area contributed by atoms with E-state index < -0.39 is 4.92 Å². The standard InChI is InChI=1S/C18H19N3O4/c1-12-3-4-13(2)16(11-12)20-17(22)9-10-19-18(23)14-5-7-15(8-6-14)21(24)25/h3-8,11H,9-10H2,1-2H3,(H,19,23)(H,20,22). The number of anilines is 1. The number of nitro groups is 1. The monoisotopic (exact) mass is 341 g/mol. The molecule has 0 aliphatic carbocycles. The van der Waals surface area contributed by atoms with Crippen molar-refractivity contribution < 1.29 is 14.5 Å². The van der Waals surface area contributed by atoms with Crippen molar-refractivity contribution in [3.05, 3.63) is 69.3 Å². The first-order valence-corrected chi connectivity index (χ1v) is 7.76. The summed E-state index contributed by atoms with van der Waals surface area (Å²) in [6.45, 7) is 4.03. The van der Waals surface area contributed by atoms with E-state index in [9.17, 15) is 19.7 Å². The molecule has 0 spiro atoms. The Bertz CT molecular complexity index is 800. The highest BCUT2D eigenvalue weighted by atomic mass is 16.6. The number of hydrogen-bond donors (Lipinski definition) is 2. The SMILES string of the molecule is Cc1ccc(C)c(NC(=O)CCNC(=O)c2ccc([N+](=O)[O-])cc2)c1. The Labute approximate surface area is 145 Å². The number of amides is 2. The molecule has 0 aliphatic heterocycles. The van der Waals surface area contributed by atoms with Crippen LogP contribution in [0.1, 0.15) is 27.9 Å². The van der Waals surface area contributed by atoms with Crippen LogP contribution in [-0.4, -0.2) is 23.3 Å². The van der Waals surface area contributed by atoms with Crippen LogP contribution in [0.4, 0.5) is 11.4 Å². The molecule has 0 heterocycles. The van der Waals surface area contributed by atoms with Gasteiger partial charge in [-0.25, -0.2) is 0 Å². The van der Waals surface area contributed by atoms with Crippen LogP contribution in [-0.2, 0) is 4.79 Å². The zero-order chi connectivity index (χ0) is 18.4. The molecule has 0 atom stereocenters. The lowest BCUT2D eigenvalue weighted by Gasteiger charge is -2.10. The number of nitro benzene ring substituents is 1. The number of hydrogen-bond acceptors (Lipinski definition) is 4. The zero-order valence-corrected chi connectivity index (χ0v) is 14.0. The van der Waals surface area contributed by atoms with Crippen LogP contribution in [0, 0.1) is 24.0 Å². The van der Waals surface area contributed by atoms with Crippen molar-refractivity contribution in [3.63, 3.8) is 0 Å². The summed E-state index contributed by atoms with van der Waals surface area (Å²) in [6.07, 6.45) is 0.131. The van der Waals surface area contributed by atoms with E-state index >= 15 is 0 Å². The highest BCUT2D eigenvalue weighted by molar-refractivity contribution is 5.95. The fourth-order valence-electron chi connectivity index (χ4n) is 2.21. The fourth-order valence-corrected chi connectivity index (χ4v) is 2.21. The van der Waals surface area contributed by atoms with E-state index in [4.69, 9.17) is 0 Å². The number of aryl methyl sites for hydroxylation is 2. The molecule has 7 heteroatoms. The number of carbonyl (C=O) groups excluding carboxylic acids is 2. The van der Waals surface area contributed by atoms with Crippen molar-refractivity contribution >= 4 is 23.2 Å². The molecule has 2 rings (SSSR count). The molecule has 0 saturated heterocycles. The maximum absolute atomic E-state index is 12.0. The molecule has 0 saturated carbocycles. The molecule has 2 aromatic rings. The first-order chi connectivity index (χ1) is 11.9. The van der Waals surface area contributed by atoms with Gasteiger partial charge >= 0.3 is 0 Å². The molecule has 0 radical (unpaired) electrons. The highest BCUT2D eigenvalue weighted by Crippen LogP contribution is 2.16. The van der Waals surface area contributed by atoms with E-state index in [0.29, 0.717) is 5.56 Å². The third-order valence-electron chi connectivity index (χ3n) is 3.65. The highest BCUT2D eigenvalue weighted by Gasteiger charge is 2.10. The molecular weight excluding hydrogens is 322 g/mol. The van der Waals surface area contributed by atoms with Gasteiger partial charge in [0.2, 0.25) is 5.91 Å². The minimum absolute atomic E-state index is 0.0792. The molecule has 25 heavy (non-hydrogen) atoms. The van der Waals surface area contributed by atoms with Gasteiger partial charge in [0.25, 0.3) is 11.6 Å². The van der Waals surface area contributed by atoms with E-state index in [-0.39, 0.29) is 30.5 Å². The molecule has 2 N–H and O–H groups in total. The Hall–Kier alpha value is -3.22. The van der Waals surface area contributed by atoms with E-state index in [2.05, 4.69) is 10.6 Å². The third kappa shape index (κ3) is 5.13. The molecule has 130 valence electrons. The van der Waals surface area contributed by atoms with Crippen LogP contribution in [0.3, 0.4) is 0 Å². The van der Waals surface area contributed by atoms with Crippen LogP contribution >= 0.6 is 0 Å². The number of non-ortho nitro benzene ring substituents is 1. The average molecular weight is 341 g/mol. The summed E-state index contributed by atoms with van der Waals surface area (Å²) in [4.78, 5) is 34.0. The van der Waals surface area contributed by atoms with Crippen molar-refractivity contribution in [2.24, 2.45) is 0 Å². The van der Waals surface area contributed by atoms with Crippen LogP contribution < -0.4 is 10.6 Å². The Balaban J connectivity index is 1.83.